The lowest BCUT2D eigenvalue weighted by molar-refractivity contribution is -0.118. The quantitative estimate of drug-likeness (QED) is 0.453. The van der Waals surface area contributed by atoms with Crippen molar-refractivity contribution in [3.8, 4) is 0 Å². The second kappa shape index (κ2) is 8.67. The summed E-state index contributed by atoms with van der Waals surface area (Å²) in [5.74, 6) is 0.197. The number of nitrogens with zero attached hydrogens (tertiary/aromatic N) is 2. The Morgan fingerprint density at radius 3 is 3.00 bits per heavy atom. The van der Waals surface area contributed by atoms with E-state index in [1.54, 1.807) is 6.08 Å². The van der Waals surface area contributed by atoms with Crippen molar-refractivity contribution in [3.63, 3.8) is 0 Å². The lowest BCUT2D eigenvalue weighted by atomic mass is 9.97. The molecule has 6 nitrogen and oxygen atoms in total. The summed E-state index contributed by atoms with van der Waals surface area (Å²) in [5, 5.41) is 3.47. The summed E-state index contributed by atoms with van der Waals surface area (Å²) in [5.41, 5.74) is 2.02. The molecule has 0 spiro atoms. The Labute approximate surface area is 152 Å². The second-order valence-corrected chi connectivity index (χ2v) is 7.42. The van der Waals surface area contributed by atoms with Crippen LogP contribution in [0.5, 0.6) is 0 Å². The van der Waals surface area contributed by atoms with Gasteiger partial charge in [0, 0.05) is 24.4 Å². The summed E-state index contributed by atoms with van der Waals surface area (Å²) in [7, 11) is 0. The highest BCUT2D eigenvalue weighted by Crippen LogP contribution is 2.29. The van der Waals surface area contributed by atoms with E-state index in [2.05, 4.69) is 16.9 Å². The van der Waals surface area contributed by atoms with Gasteiger partial charge in [0.1, 0.15) is 5.03 Å². The predicted molar refractivity (Wildman–Crippen MR) is 98.0 cm³/mol. The molecule has 1 fully saturated rings. The molecule has 1 aromatic rings. The molecule has 3 rings (SSSR count). The SMILES string of the molecule is C=CCNC(=O)CSc1nc(=O)n(CC2CCCO2)c2c1CCCC2. The van der Waals surface area contributed by atoms with Gasteiger partial charge in [0.25, 0.3) is 0 Å². The summed E-state index contributed by atoms with van der Waals surface area (Å²) < 4.78 is 7.51. The maximum absolute atomic E-state index is 12.6. The van der Waals surface area contributed by atoms with Crippen molar-refractivity contribution < 1.29 is 9.53 Å². The highest BCUT2D eigenvalue weighted by Gasteiger charge is 2.24. The van der Waals surface area contributed by atoms with Crippen molar-refractivity contribution >= 4 is 17.7 Å². The molecule has 1 amide bonds. The van der Waals surface area contributed by atoms with Gasteiger partial charge in [0.05, 0.1) is 18.4 Å². The van der Waals surface area contributed by atoms with E-state index in [0.717, 1.165) is 61.4 Å². The van der Waals surface area contributed by atoms with Crippen LogP contribution >= 0.6 is 11.8 Å². The summed E-state index contributed by atoms with van der Waals surface area (Å²) >= 11 is 1.36. The fraction of sp³-hybridized carbons (Fsp3) is 0.611. The molecular weight excluding hydrogens is 338 g/mol. The number of fused-ring (bicyclic) bond motifs is 1. The van der Waals surface area contributed by atoms with E-state index < -0.39 is 0 Å². The van der Waals surface area contributed by atoms with Gasteiger partial charge in [-0.05, 0) is 38.5 Å². The van der Waals surface area contributed by atoms with E-state index in [0.29, 0.717) is 13.1 Å². The Balaban J connectivity index is 1.79. The largest absolute Gasteiger partial charge is 0.376 e. The van der Waals surface area contributed by atoms with Gasteiger partial charge >= 0.3 is 5.69 Å². The molecule has 7 heteroatoms. The summed E-state index contributed by atoms with van der Waals surface area (Å²) in [6, 6.07) is 0. The number of amides is 1. The average molecular weight is 363 g/mol. The molecule has 0 radical (unpaired) electrons. The number of carbonyl (C=O) groups is 1. The molecule has 0 bridgehead atoms. The van der Waals surface area contributed by atoms with Crippen LogP contribution in [0.15, 0.2) is 22.5 Å². The zero-order valence-corrected chi connectivity index (χ0v) is 15.3. The van der Waals surface area contributed by atoms with Gasteiger partial charge < -0.3 is 10.1 Å². The zero-order chi connectivity index (χ0) is 17.6. The van der Waals surface area contributed by atoms with Crippen LogP contribution in [0.4, 0.5) is 0 Å². The second-order valence-electron chi connectivity index (χ2n) is 6.46. The minimum absolute atomic E-state index is 0.0696. The monoisotopic (exact) mass is 363 g/mol. The normalized spacial score (nSPS) is 19.4. The number of hydrogen-bond acceptors (Lipinski definition) is 5. The molecule has 1 aromatic heterocycles. The van der Waals surface area contributed by atoms with Crippen molar-refractivity contribution in [2.75, 3.05) is 18.9 Å². The smallest absolute Gasteiger partial charge is 0.348 e. The first kappa shape index (κ1) is 18.2. The molecule has 1 aliphatic carbocycles. The molecule has 2 heterocycles. The zero-order valence-electron chi connectivity index (χ0n) is 14.5. The molecule has 0 saturated carbocycles. The maximum Gasteiger partial charge on any atom is 0.348 e. The van der Waals surface area contributed by atoms with Crippen LogP contribution in [-0.2, 0) is 28.9 Å². The van der Waals surface area contributed by atoms with E-state index in [1.807, 2.05) is 4.57 Å². The molecule has 1 N–H and O–H groups in total. The van der Waals surface area contributed by atoms with Crippen LogP contribution < -0.4 is 11.0 Å². The molecule has 1 atom stereocenters. The Hall–Kier alpha value is -1.60. The summed E-state index contributed by atoms with van der Waals surface area (Å²) in [4.78, 5) is 28.7. The average Bonchev–Trinajstić information content (AvgIpc) is 3.14. The maximum atomic E-state index is 12.6. The minimum Gasteiger partial charge on any atom is -0.376 e. The topological polar surface area (TPSA) is 73.2 Å². The van der Waals surface area contributed by atoms with E-state index in [9.17, 15) is 9.59 Å². The van der Waals surface area contributed by atoms with Gasteiger partial charge in [-0.1, -0.05) is 17.8 Å². The molecule has 1 saturated heterocycles. The van der Waals surface area contributed by atoms with Crippen LogP contribution in [0.25, 0.3) is 0 Å². The van der Waals surface area contributed by atoms with Crippen molar-refractivity contribution in [2.45, 2.75) is 56.2 Å². The van der Waals surface area contributed by atoms with Crippen LogP contribution in [0.3, 0.4) is 0 Å². The first-order valence-electron chi connectivity index (χ1n) is 8.93. The summed E-state index contributed by atoms with van der Waals surface area (Å²) in [6.07, 6.45) is 7.84. The van der Waals surface area contributed by atoms with Crippen molar-refractivity contribution in [3.05, 3.63) is 34.4 Å². The molecule has 1 unspecified atom stereocenters. The standard InChI is InChI=1S/C18H25N3O3S/c1-2-9-19-16(22)12-25-17-14-7-3-4-8-15(14)21(18(23)20-17)11-13-6-5-10-24-13/h2,13H,1,3-12H2,(H,19,22). The number of nitrogens with one attached hydrogen (secondary N) is 1. The molecule has 2 aliphatic rings. The molecule has 1 aliphatic heterocycles. The Morgan fingerprint density at radius 1 is 1.40 bits per heavy atom. The lowest BCUT2D eigenvalue weighted by Gasteiger charge is -2.24. The van der Waals surface area contributed by atoms with Gasteiger partial charge in [-0.25, -0.2) is 4.79 Å². The van der Waals surface area contributed by atoms with Gasteiger partial charge in [-0.15, -0.1) is 6.58 Å². The number of carbonyl (C=O) groups excluding carboxylic acids is 1. The van der Waals surface area contributed by atoms with Crippen LogP contribution in [0.1, 0.15) is 36.9 Å². The molecule has 25 heavy (non-hydrogen) atoms. The summed E-state index contributed by atoms with van der Waals surface area (Å²) in [6.45, 7) is 5.41. The molecular formula is C18H25N3O3S. The fourth-order valence-corrected chi connectivity index (χ4v) is 4.32. The van der Waals surface area contributed by atoms with E-state index >= 15 is 0 Å². The minimum atomic E-state index is -0.217. The highest BCUT2D eigenvalue weighted by atomic mass is 32.2. The lowest BCUT2D eigenvalue weighted by Crippen LogP contribution is -2.34. The Bertz CT molecular complexity index is 696. The van der Waals surface area contributed by atoms with E-state index in [-0.39, 0.29) is 23.5 Å². The molecule has 0 aromatic carbocycles. The van der Waals surface area contributed by atoms with Gasteiger partial charge in [0.2, 0.25) is 5.91 Å². The third-order valence-electron chi connectivity index (χ3n) is 4.64. The van der Waals surface area contributed by atoms with Crippen molar-refractivity contribution in [1.29, 1.82) is 0 Å². The Kier molecular flexibility index (Phi) is 6.31. The van der Waals surface area contributed by atoms with Gasteiger partial charge in [-0.2, -0.15) is 4.98 Å². The Morgan fingerprint density at radius 2 is 2.24 bits per heavy atom. The number of thioether (sulfide) groups is 1. The first-order chi connectivity index (χ1) is 12.2. The van der Waals surface area contributed by atoms with E-state index in [1.165, 1.54) is 11.8 Å². The number of aromatic nitrogens is 2. The van der Waals surface area contributed by atoms with Crippen molar-refractivity contribution in [1.82, 2.24) is 14.9 Å². The van der Waals surface area contributed by atoms with Crippen LogP contribution in [0, 0.1) is 0 Å². The fourth-order valence-electron chi connectivity index (χ4n) is 3.42. The number of ether oxygens (including phenoxy) is 1. The van der Waals surface area contributed by atoms with Crippen LogP contribution in [0.2, 0.25) is 0 Å². The van der Waals surface area contributed by atoms with Crippen molar-refractivity contribution in [2.24, 2.45) is 0 Å². The van der Waals surface area contributed by atoms with Gasteiger partial charge in [0.15, 0.2) is 0 Å². The first-order valence-corrected chi connectivity index (χ1v) is 9.92. The van der Waals surface area contributed by atoms with E-state index in [4.69, 9.17) is 4.74 Å². The number of hydrogen-bond donors (Lipinski definition) is 1. The third-order valence-corrected chi connectivity index (χ3v) is 5.66. The van der Waals surface area contributed by atoms with Crippen LogP contribution in [-0.4, -0.2) is 40.5 Å². The predicted octanol–water partition coefficient (Wildman–Crippen LogP) is 1.70. The molecule has 136 valence electrons. The third kappa shape index (κ3) is 4.52. The van der Waals surface area contributed by atoms with Gasteiger partial charge in [-0.3, -0.25) is 9.36 Å². The highest BCUT2D eigenvalue weighted by molar-refractivity contribution is 7.99. The number of rotatable bonds is 7.